The number of aliphatic hydroxyl groups excluding tert-OH is 1. The molecule has 1 heterocycles. The maximum atomic E-state index is 13.4. The minimum atomic E-state index is -4.28. The number of halogens is 1. The molecule has 11 nitrogen and oxygen atoms in total. The van der Waals surface area contributed by atoms with Gasteiger partial charge in [-0.2, -0.15) is 12.6 Å². The number of unbranched alkanes of at least 4 members (excludes halogenated alkanes) is 1. The number of hydrogen-bond acceptors (Lipinski definition) is 8. The summed E-state index contributed by atoms with van der Waals surface area (Å²) < 4.78 is 30.7. The first kappa shape index (κ1) is 38.6. The van der Waals surface area contributed by atoms with Crippen LogP contribution in [0, 0.1) is 5.92 Å². The van der Waals surface area contributed by atoms with Crippen molar-refractivity contribution in [3.05, 3.63) is 107 Å². The highest BCUT2D eigenvalue weighted by atomic mass is 35.5. The summed E-state index contributed by atoms with van der Waals surface area (Å²) in [6.07, 6.45) is 2.72. The minimum absolute atomic E-state index is 0.0857. The number of amides is 4. The summed E-state index contributed by atoms with van der Waals surface area (Å²) >= 11 is 10.6. The van der Waals surface area contributed by atoms with E-state index in [-0.39, 0.29) is 35.4 Å². The van der Waals surface area contributed by atoms with Crippen LogP contribution in [0.25, 0.3) is 11.1 Å². The molecule has 266 valence electrons. The van der Waals surface area contributed by atoms with Crippen LogP contribution in [0.1, 0.15) is 48.8 Å². The number of carbonyl (C=O) groups excluding carboxylic acids is 3. The van der Waals surface area contributed by atoms with E-state index in [1.54, 1.807) is 30.3 Å². The van der Waals surface area contributed by atoms with Gasteiger partial charge in [0.15, 0.2) is 5.15 Å². The Bertz CT molecular complexity index is 1880. The molecule has 1 aromatic heterocycles. The van der Waals surface area contributed by atoms with E-state index in [1.165, 1.54) is 13.1 Å². The highest BCUT2D eigenvalue weighted by Gasteiger charge is 2.26. The van der Waals surface area contributed by atoms with Crippen LogP contribution in [-0.4, -0.2) is 65.2 Å². The maximum Gasteiger partial charge on any atom is 0.323 e. The van der Waals surface area contributed by atoms with Gasteiger partial charge < -0.3 is 15.0 Å². The van der Waals surface area contributed by atoms with Crippen LogP contribution in [0.3, 0.4) is 0 Å². The molecule has 0 aliphatic rings. The third-order valence-electron chi connectivity index (χ3n) is 8.19. The smallest absolute Gasteiger partial charge is 0.323 e. The van der Waals surface area contributed by atoms with Crippen LogP contribution in [0.2, 0.25) is 5.15 Å². The number of sulfonamides is 1. The van der Waals surface area contributed by atoms with Gasteiger partial charge in [0.1, 0.15) is 5.82 Å². The third kappa shape index (κ3) is 9.96. The van der Waals surface area contributed by atoms with Crippen molar-refractivity contribution in [2.45, 2.75) is 57.1 Å². The van der Waals surface area contributed by atoms with E-state index in [1.807, 2.05) is 47.0 Å². The van der Waals surface area contributed by atoms with Crippen molar-refractivity contribution in [2.75, 3.05) is 19.3 Å². The number of thiol groups is 1. The van der Waals surface area contributed by atoms with Crippen molar-refractivity contribution in [3.63, 3.8) is 0 Å². The predicted molar refractivity (Wildman–Crippen MR) is 196 cm³/mol. The summed E-state index contributed by atoms with van der Waals surface area (Å²) in [4.78, 5) is 43.6. The van der Waals surface area contributed by atoms with Gasteiger partial charge in [-0.3, -0.25) is 14.5 Å². The molecule has 1 atom stereocenters. The van der Waals surface area contributed by atoms with Gasteiger partial charge in [0.05, 0.1) is 23.1 Å². The standard InChI is InChI=1S/C36H42ClN5O6S2/c1-3-4-14-32-39-34(37)30(23-43)42(32)22-26-15-17-27(18-16-26)29-12-8-9-13-31(29)50(47,48)40-33(44)19-20-38-36(46)41(2)35(45)28(24-49)21-25-10-6-5-7-11-25/h5-13,15-18,28,43,49H,3-4,14,19-24H2,1-2H3,(H,38,46)(H,40,44). The molecule has 3 aromatic carbocycles. The molecule has 14 heteroatoms. The van der Waals surface area contributed by atoms with Crippen molar-refractivity contribution in [1.29, 1.82) is 0 Å². The molecule has 3 N–H and O–H groups in total. The van der Waals surface area contributed by atoms with Crippen LogP contribution in [-0.2, 0) is 45.6 Å². The van der Waals surface area contributed by atoms with Gasteiger partial charge in [-0.05, 0) is 35.6 Å². The van der Waals surface area contributed by atoms with Crippen molar-refractivity contribution in [3.8, 4) is 11.1 Å². The summed E-state index contributed by atoms with van der Waals surface area (Å²) in [6.45, 7) is 2.07. The monoisotopic (exact) mass is 739 g/mol. The van der Waals surface area contributed by atoms with Gasteiger partial charge in [0, 0.05) is 44.3 Å². The molecular formula is C36H42ClN5O6S2. The summed E-state index contributed by atoms with van der Waals surface area (Å²) in [6, 6.07) is 22.3. The van der Waals surface area contributed by atoms with E-state index in [9.17, 15) is 27.9 Å². The zero-order chi connectivity index (χ0) is 36.3. The number of rotatable bonds is 16. The number of nitrogens with zero attached hydrogens (tertiary/aromatic N) is 3. The molecule has 0 saturated carbocycles. The molecular weight excluding hydrogens is 698 g/mol. The third-order valence-corrected chi connectivity index (χ3v) is 10.4. The maximum absolute atomic E-state index is 13.4. The van der Waals surface area contributed by atoms with Crippen LogP contribution in [0.4, 0.5) is 4.79 Å². The number of aryl methyl sites for hydroxylation is 1. The lowest BCUT2D eigenvalue weighted by atomic mass is 10.00. The minimum Gasteiger partial charge on any atom is -0.390 e. The van der Waals surface area contributed by atoms with Crippen molar-refractivity contribution in [2.24, 2.45) is 5.92 Å². The largest absolute Gasteiger partial charge is 0.390 e. The highest BCUT2D eigenvalue weighted by Crippen LogP contribution is 2.28. The lowest BCUT2D eigenvalue weighted by Crippen LogP contribution is -2.45. The van der Waals surface area contributed by atoms with Crippen LogP contribution in [0.15, 0.2) is 83.8 Å². The molecule has 0 spiro atoms. The second-order valence-corrected chi connectivity index (χ2v) is 14.2. The molecule has 0 bridgehead atoms. The molecule has 0 radical (unpaired) electrons. The molecule has 0 saturated heterocycles. The quantitative estimate of drug-likeness (QED) is 0.115. The SMILES string of the molecule is CCCCc1nc(Cl)c(CO)n1Cc1ccc(-c2ccccc2S(=O)(=O)NC(=O)CCNC(=O)N(C)C(=O)C(CS)Cc2ccccc2)cc1. The summed E-state index contributed by atoms with van der Waals surface area (Å²) in [5, 5.41) is 12.7. The van der Waals surface area contributed by atoms with Crippen LogP contribution in [0.5, 0.6) is 0 Å². The van der Waals surface area contributed by atoms with E-state index < -0.39 is 33.8 Å². The fourth-order valence-corrected chi connectivity index (χ4v) is 7.23. The second-order valence-electron chi connectivity index (χ2n) is 11.8. The van der Waals surface area contributed by atoms with Gasteiger partial charge in [0.2, 0.25) is 11.8 Å². The Morgan fingerprint density at radius 3 is 2.34 bits per heavy atom. The highest BCUT2D eigenvalue weighted by molar-refractivity contribution is 7.90. The van der Waals surface area contributed by atoms with Gasteiger partial charge >= 0.3 is 6.03 Å². The number of carbonyl (C=O) groups is 3. The fourth-order valence-electron chi connectivity index (χ4n) is 5.44. The van der Waals surface area contributed by atoms with E-state index >= 15 is 0 Å². The Morgan fingerprint density at radius 2 is 1.68 bits per heavy atom. The van der Waals surface area contributed by atoms with E-state index in [0.717, 1.165) is 41.1 Å². The van der Waals surface area contributed by atoms with Crippen molar-refractivity contribution in [1.82, 2.24) is 24.5 Å². The van der Waals surface area contributed by atoms with Crippen molar-refractivity contribution < 1.29 is 27.9 Å². The Labute approximate surface area is 303 Å². The van der Waals surface area contributed by atoms with E-state index in [0.29, 0.717) is 29.8 Å². The lowest BCUT2D eigenvalue weighted by molar-refractivity contribution is -0.130. The van der Waals surface area contributed by atoms with Gasteiger partial charge in [0.25, 0.3) is 10.0 Å². The number of nitrogens with one attached hydrogen (secondary N) is 2. The molecule has 4 rings (SSSR count). The zero-order valence-corrected chi connectivity index (χ0v) is 30.5. The number of urea groups is 1. The van der Waals surface area contributed by atoms with Gasteiger partial charge in [-0.15, -0.1) is 0 Å². The van der Waals surface area contributed by atoms with Gasteiger partial charge in [-0.25, -0.2) is 22.9 Å². The Hall–Kier alpha value is -4.17. The van der Waals surface area contributed by atoms with E-state index in [4.69, 9.17) is 11.6 Å². The second kappa shape index (κ2) is 18.2. The topological polar surface area (TPSA) is 151 Å². The average molecular weight is 740 g/mol. The number of aliphatic hydroxyl groups is 1. The summed E-state index contributed by atoms with van der Waals surface area (Å²) in [5.74, 6) is -0.739. The summed E-state index contributed by atoms with van der Waals surface area (Å²) in [7, 11) is -2.94. The Balaban J connectivity index is 1.37. The first-order valence-electron chi connectivity index (χ1n) is 16.3. The lowest BCUT2D eigenvalue weighted by Gasteiger charge is -2.22. The summed E-state index contributed by atoms with van der Waals surface area (Å²) in [5.41, 5.74) is 3.39. The first-order chi connectivity index (χ1) is 24.0. The zero-order valence-electron chi connectivity index (χ0n) is 28.0. The fraction of sp³-hybridized carbons (Fsp3) is 0.333. The number of benzene rings is 3. The predicted octanol–water partition coefficient (Wildman–Crippen LogP) is 5.24. The van der Waals surface area contributed by atoms with E-state index in [2.05, 4.69) is 34.6 Å². The average Bonchev–Trinajstić information content (AvgIpc) is 3.42. The first-order valence-corrected chi connectivity index (χ1v) is 18.8. The van der Waals surface area contributed by atoms with Crippen molar-refractivity contribution >= 4 is 52.1 Å². The Morgan fingerprint density at radius 1 is 1.00 bits per heavy atom. The molecule has 0 aliphatic carbocycles. The molecule has 1 unspecified atom stereocenters. The van der Waals surface area contributed by atoms with Crippen LogP contribution >= 0.6 is 24.2 Å². The molecule has 4 amide bonds. The number of imidazole rings is 1. The van der Waals surface area contributed by atoms with Gasteiger partial charge in [-0.1, -0.05) is 97.7 Å². The number of aromatic nitrogens is 2. The number of imide groups is 1. The molecule has 0 fully saturated rings. The van der Waals surface area contributed by atoms with Crippen LogP contribution < -0.4 is 10.0 Å². The normalized spacial score (nSPS) is 11.9. The Kier molecular flexibility index (Phi) is 14.0. The molecule has 0 aliphatic heterocycles. The molecule has 50 heavy (non-hydrogen) atoms. The molecule has 4 aromatic rings. The number of hydrogen-bond donors (Lipinski definition) is 4.